The van der Waals surface area contributed by atoms with Gasteiger partial charge in [-0.2, -0.15) is 0 Å². The Morgan fingerprint density at radius 3 is 2.28 bits per heavy atom. The summed E-state index contributed by atoms with van der Waals surface area (Å²) in [5, 5.41) is 4.06. The van der Waals surface area contributed by atoms with Crippen molar-refractivity contribution in [3.63, 3.8) is 0 Å². The van der Waals surface area contributed by atoms with Crippen molar-refractivity contribution in [1.82, 2.24) is 10.2 Å². The van der Waals surface area contributed by atoms with Gasteiger partial charge >= 0.3 is 0 Å². The molecule has 0 aromatic heterocycles. The van der Waals surface area contributed by atoms with Gasteiger partial charge in [0.2, 0.25) is 5.91 Å². The zero-order valence-electron chi connectivity index (χ0n) is 15.5. The van der Waals surface area contributed by atoms with Crippen molar-refractivity contribution in [3.05, 3.63) is 34.9 Å². The van der Waals surface area contributed by atoms with Crippen LogP contribution in [0.5, 0.6) is 0 Å². The Morgan fingerprint density at radius 2 is 1.68 bits per heavy atom. The highest BCUT2D eigenvalue weighted by Gasteiger charge is 2.33. The molecule has 2 aliphatic rings. The lowest BCUT2D eigenvalue weighted by Gasteiger charge is -2.40. The number of halogens is 1. The molecule has 3 nitrogen and oxygen atoms in total. The highest BCUT2D eigenvalue weighted by molar-refractivity contribution is 6.30. The minimum absolute atomic E-state index is 0.163. The van der Waals surface area contributed by atoms with Gasteiger partial charge in [-0.15, -0.1) is 0 Å². The number of rotatable bonds is 4. The number of likely N-dealkylation sites (tertiary alicyclic amines) is 1. The third kappa shape index (κ3) is 4.98. The first-order valence-corrected chi connectivity index (χ1v) is 10.2. The summed E-state index contributed by atoms with van der Waals surface area (Å²) in [6.07, 6.45) is 7.24. The maximum Gasteiger partial charge on any atom is 0.242 e. The number of benzene rings is 1. The van der Waals surface area contributed by atoms with Crippen LogP contribution in [0.25, 0.3) is 0 Å². The Labute approximate surface area is 157 Å². The van der Waals surface area contributed by atoms with E-state index in [4.69, 9.17) is 11.6 Å². The van der Waals surface area contributed by atoms with Crippen LogP contribution in [0.1, 0.15) is 64.0 Å². The van der Waals surface area contributed by atoms with Crippen LogP contribution in [0.4, 0.5) is 0 Å². The van der Waals surface area contributed by atoms with Crippen LogP contribution in [0, 0.1) is 11.8 Å². The fraction of sp³-hybridized carbons (Fsp3) is 0.667. The molecule has 1 aliphatic carbocycles. The molecule has 4 heteroatoms. The van der Waals surface area contributed by atoms with Gasteiger partial charge in [0.1, 0.15) is 6.04 Å². The monoisotopic (exact) mass is 362 g/mol. The Morgan fingerprint density at radius 1 is 1.08 bits per heavy atom. The summed E-state index contributed by atoms with van der Waals surface area (Å²) in [4.78, 5) is 15.6. The lowest BCUT2D eigenvalue weighted by atomic mass is 9.89. The average Bonchev–Trinajstić information content (AvgIpc) is 2.57. The molecule has 1 N–H and O–H groups in total. The number of nitrogens with zero attached hydrogens (tertiary/aromatic N) is 1. The molecule has 1 aromatic rings. The van der Waals surface area contributed by atoms with Crippen molar-refractivity contribution < 1.29 is 4.79 Å². The van der Waals surface area contributed by atoms with E-state index in [2.05, 4.69) is 24.1 Å². The predicted molar refractivity (Wildman–Crippen MR) is 104 cm³/mol. The molecular weight excluding hydrogens is 332 g/mol. The second-order valence-electron chi connectivity index (χ2n) is 8.20. The van der Waals surface area contributed by atoms with Crippen LogP contribution < -0.4 is 5.32 Å². The molecule has 1 saturated carbocycles. The van der Waals surface area contributed by atoms with Crippen LogP contribution in [-0.4, -0.2) is 29.9 Å². The van der Waals surface area contributed by atoms with E-state index in [1.54, 1.807) is 0 Å². The van der Waals surface area contributed by atoms with Gasteiger partial charge in [-0.05, 0) is 48.8 Å². The molecule has 3 unspecified atom stereocenters. The highest BCUT2D eigenvalue weighted by atomic mass is 35.5. The van der Waals surface area contributed by atoms with Crippen LogP contribution in [0.15, 0.2) is 24.3 Å². The van der Waals surface area contributed by atoms with Crippen molar-refractivity contribution in [2.24, 2.45) is 11.8 Å². The lowest BCUT2D eigenvalue weighted by molar-refractivity contribution is -0.128. The van der Waals surface area contributed by atoms with Crippen LogP contribution in [0.3, 0.4) is 0 Å². The summed E-state index contributed by atoms with van der Waals surface area (Å²) in [5.41, 5.74) is 1.05. The molecule has 1 heterocycles. The number of carbonyl (C=O) groups excluding carboxylic acids is 1. The molecule has 3 atom stereocenters. The minimum Gasteiger partial charge on any atom is -0.352 e. The van der Waals surface area contributed by atoms with E-state index in [1.165, 1.54) is 25.7 Å². The topological polar surface area (TPSA) is 32.3 Å². The third-order valence-corrected chi connectivity index (χ3v) is 5.90. The third-order valence-electron chi connectivity index (χ3n) is 5.65. The van der Waals surface area contributed by atoms with E-state index < -0.39 is 0 Å². The molecule has 138 valence electrons. The van der Waals surface area contributed by atoms with Crippen LogP contribution in [0.2, 0.25) is 5.02 Å². The zero-order valence-corrected chi connectivity index (χ0v) is 16.3. The van der Waals surface area contributed by atoms with Gasteiger partial charge in [0.05, 0.1) is 0 Å². The van der Waals surface area contributed by atoms with E-state index in [0.29, 0.717) is 17.9 Å². The molecule has 0 bridgehead atoms. The molecule has 0 radical (unpaired) electrons. The molecule has 25 heavy (non-hydrogen) atoms. The standard InChI is InChI=1S/C21H31ClN2O/c1-15-12-16(2)14-24(13-15)20(17-8-10-18(22)11-9-17)21(25)23-19-6-4-3-5-7-19/h8-11,15-16,19-20H,3-7,12-14H2,1-2H3,(H,23,25). The Bertz CT molecular complexity index is 558. The summed E-state index contributed by atoms with van der Waals surface area (Å²) in [6, 6.07) is 7.96. The van der Waals surface area contributed by atoms with Gasteiger partial charge in [-0.3, -0.25) is 9.69 Å². The number of carbonyl (C=O) groups is 1. The summed E-state index contributed by atoms with van der Waals surface area (Å²) in [5.74, 6) is 1.41. The number of nitrogens with one attached hydrogen (secondary N) is 1. The van der Waals surface area contributed by atoms with Crippen molar-refractivity contribution in [1.29, 1.82) is 0 Å². The maximum atomic E-state index is 13.2. The van der Waals surface area contributed by atoms with E-state index in [0.717, 1.165) is 36.5 Å². The van der Waals surface area contributed by atoms with Crippen LogP contribution >= 0.6 is 11.6 Å². The smallest absolute Gasteiger partial charge is 0.242 e. The Hall–Kier alpha value is -1.06. The predicted octanol–water partition coefficient (Wildman–Crippen LogP) is 4.81. The summed E-state index contributed by atoms with van der Waals surface area (Å²) >= 11 is 6.07. The number of piperidine rings is 1. The fourth-order valence-electron chi connectivity index (χ4n) is 4.62. The number of amides is 1. The lowest BCUT2D eigenvalue weighted by Crippen LogP contribution is -2.49. The van der Waals surface area contributed by atoms with E-state index in [1.807, 2.05) is 24.3 Å². The van der Waals surface area contributed by atoms with Crippen molar-refractivity contribution in [2.45, 2.75) is 64.5 Å². The van der Waals surface area contributed by atoms with Crippen molar-refractivity contribution in [3.8, 4) is 0 Å². The molecule has 1 aliphatic heterocycles. The second kappa shape index (κ2) is 8.55. The average molecular weight is 363 g/mol. The Balaban J connectivity index is 1.80. The van der Waals surface area contributed by atoms with Crippen molar-refractivity contribution in [2.75, 3.05) is 13.1 Å². The fourth-order valence-corrected chi connectivity index (χ4v) is 4.75. The first kappa shape index (κ1) is 18.7. The minimum atomic E-state index is -0.204. The van der Waals surface area contributed by atoms with Crippen LogP contribution in [-0.2, 0) is 4.79 Å². The van der Waals surface area contributed by atoms with E-state index in [9.17, 15) is 4.79 Å². The quantitative estimate of drug-likeness (QED) is 0.833. The van der Waals surface area contributed by atoms with Gasteiger partial charge in [-0.25, -0.2) is 0 Å². The molecule has 1 saturated heterocycles. The van der Waals surface area contributed by atoms with Gasteiger partial charge in [-0.1, -0.05) is 56.8 Å². The Kier molecular flexibility index (Phi) is 6.40. The van der Waals surface area contributed by atoms with Crippen molar-refractivity contribution >= 4 is 17.5 Å². The normalized spacial score (nSPS) is 27.0. The SMILES string of the molecule is CC1CC(C)CN(C(C(=O)NC2CCCCC2)c2ccc(Cl)cc2)C1. The van der Waals surface area contributed by atoms with Gasteiger partial charge in [0.15, 0.2) is 0 Å². The largest absolute Gasteiger partial charge is 0.352 e. The first-order chi connectivity index (χ1) is 12.0. The highest BCUT2D eigenvalue weighted by Crippen LogP contribution is 2.31. The molecule has 1 amide bonds. The van der Waals surface area contributed by atoms with Gasteiger partial charge in [0, 0.05) is 24.2 Å². The molecular formula is C21H31ClN2O. The van der Waals surface area contributed by atoms with Gasteiger partial charge in [0.25, 0.3) is 0 Å². The number of hydrogen-bond donors (Lipinski definition) is 1. The van der Waals surface area contributed by atoms with E-state index >= 15 is 0 Å². The number of hydrogen-bond acceptors (Lipinski definition) is 2. The summed E-state index contributed by atoms with van der Waals surface area (Å²) < 4.78 is 0. The molecule has 0 spiro atoms. The van der Waals surface area contributed by atoms with E-state index in [-0.39, 0.29) is 11.9 Å². The zero-order chi connectivity index (χ0) is 17.8. The molecule has 2 fully saturated rings. The van der Waals surface area contributed by atoms with Gasteiger partial charge < -0.3 is 5.32 Å². The summed E-state index contributed by atoms with van der Waals surface area (Å²) in [6.45, 7) is 6.55. The first-order valence-electron chi connectivity index (χ1n) is 9.83. The molecule has 1 aromatic carbocycles. The summed E-state index contributed by atoms with van der Waals surface area (Å²) in [7, 11) is 0. The maximum absolute atomic E-state index is 13.2. The molecule has 3 rings (SSSR count). The second-order valence-corrected chi connectivity index (χ2v) is 8.63.